The summed E-state index contributed by atoms with van der Waals surface area (Å²) >= 11 is 1.56. The molecule has 0 spiro atoms. The Hall–Kier alpha value is -0.500. The summed E-state index contributed by atoms with van der Waals surface area (Å²) in [6, 6.07) is 12.3. The molecule has 1 heterocycles. The molecule has 1 aliphatic rings. The molecule has 4 nitrogen and oxygen atoms in total. The summed E-state index contributed by atoms with van der Waals surface area (Å²) in [7, 11) is -4.16. The standard InChI is InChI=1S/C12H9NO3S2.Na.H/c14-18(15,16)8-5-6-12-10(7-8)13-9-3-1-2-4-11(9)17-12;;/h1-7,13H,(H,14,15,16);;. The van der Waals surface area contributed by atoms with Crippen LogP contribution in [0.2, 0.25) is 0 Å². The van der Waals surface area contributed by atoms with E-state index in [2.05, 4.69) is 5.32 Å². The molecule has 0 amide bonds. The van der Waals surface area contributed by atoms with Gasteiger partial charge >= 0.3 is 29.6 Å². The topological polar surface area (TPSA) is 66.4 Å². The molecule has 7 heteroatoms. The number of hydrogen-bond donors (Lipinski definition) is 2. The molecule has 0 fully saturated rings. The van der Waals surface area contributed by atoms with Crippen LogP contribution in [-0.4, -0.2) is 42.5 Å². The molecule has 0 radical (unpaired) electrons. The Labute approximate surface area is 137 Å². The monoisotopic (exact) mass is 303 g/mol. The van der Waals surface area contributed by atoms with Gasteiger partial charge in [0.15, 0.2) is 0 Å². The molecule has 0 bridgehead atoms. The van der Waals surface area contributed by atoms with E-state index in [1.54, 1.807) is 17.8 Å². The van der Waals surface area contributed by atoms with Crippen LogP contribution in [0.5, 0.6) is 0 Å². The van der Waals surface area contributed by atoms with Gasteiger partial charge in [-0.2, -0.15) is 8.42 Å². The van der Waals surface area contributed by atoms with Gasteiger partial charge in [-0.15, -0.1) is 0 Å². The predicted molar refractivity (Wildman–Crippen MR) is 77.3 cm³/mol. The second kappa shape index (κ2) is 5.47. The SMILES string of the molecule is O=S(=O)(O)c1ccc2c(c1)Nc1ccccc1S2.[NaH]. The van der Waals surface area contributed by atoms with Crippen molar-refractivity contribution in [3.05, 3.63) is 42.5 Å². The Kier molecular flexibility index (Phi) is 4.29. The fraction of sp³-hybridized carbons (Fsp3) is 0. The van der Waals surface area contributed by atoms with Crippen molar-refractivity contribution in [3.8, 4) is 0 Å². The fourth-order valence-electron chi connectivity index (χ4n) is 1.78. The van der Waals surface area contributed by atoms with Crippen molar-refractivity contribution >= 4 is 62.8 Å². The molecule has 0 aliphatic carbocycles. The second-order valence-corrected chi connectivity index (χ2v) is 6.36. The van der Waals surface area contributed by atoms with E-state index in [-0.39, 0.29) is 34.5 Å². The first-order valence-electron chi connectivity index (χ1n) is 5.19. The predicted octanol–water partition coefficient (Wildman–Crippen LogP) is 2.49. The van der Waals surface area contributed by atoms with E-state index in [0.29, 0.717) is 5.69 Å². The quantitative estimate of drug-likeness (QED) is 0.534. The minimum absolute atomic E-state index is 0. The normalized spacial score (nSPS) is 12.7. The maximum absolute atomic E-state index is 11.1. The van der Waals surface area contributed by atoms with Gasteiger partial charge in [0.05, 0.1) is 16.3 Å². The fourth-order valence-corrected chi connectivity index (χ4v) is 3.25. The van der Waals surface area contributed by atoms with Crippen molar-refractivity contribution in [3.63, 3.8) is 0 Å². The van der Waals surface area contributed by atoms with Crippen molar-refractivity contribution in [2.75, 3.05) is 5.32 Å². The Bertz CT molecular complexity index is 732. The summed E-state index contributed by atoms with van der Waals surface area (Å²) in [5.41, 5.74) is 1.62. The Morgan fingerprint density at radius 2 is 1.68 bits per heavy atom. The second-order valence-electron chi connectivity index (χ2n) is 3.86. The van der Waals surface area contributed by atoms with Crippen LogP contribution >= 0.6 is 11.8 Å². The van der Waals surface area contributed by atoms with Crippen LogP contribution in [0.25, 0.3) is 0 Å². The van der Waals surface area contributed by atoms with Gasteiger partial charge in [0.2, 0.25) is 0 Å². The summed E-state index contributed by atoms with van der Waals surface area (Å²) < 4.78 is 31.2. The van der Waals surface area contributed by atoms with Crippen LogP contribution in [0.4, 0.5) is 11.4 Å². The average molecular weight is 303 g/mol. The number of benzene rings is 2. The van der Waals surface area contributed by atoms with Crippen molar-refractivity contribution < 1.29 is 13.0 Å². The number of para-hydroxylation sites is 1. The minimum atomic E-state index is -4.16. The van der Waals surface area contributed by atoms with Crippen molar-refractivity contribution in [1.29, 1.82) is 0 Å². The first-order valence-corrected chi connectivity index (χ1v) is 7.45. The van der Waals surface area contributed by atoms with Gasteiger partial charge in [-0.05, 0) is 30.3 Å². The molecule has 2 aromatic rings. The van der Waals surface area contributed by atoms with E-state index >= 15 is 0 Å². The zero-order valence-corrected chi connectivity index (χ0v) is 10.8. The number of hydrogen-bond acceptors (Lipinski definition) is 4. The van der Waals surface area contributed by atoms with E-state index < -0.39 is 10.1 Å². The molecular formula is C12H10NNaO3S2. The molecule has 2 N–H and O–H groups in total. The van der Waals surface area contributed by atoms with Gasteiger partial charge in [0.1, 0.15) is 0 Å². The molecule has 3 rings (SSSR count). The van der Waals surface area contributed by atoms with Gasteiger partial charge in [-0.1, -0.05) is 23.9 Å². The van der Waals surface area contributed by atoms with Gasteiger partial charge in [0.25, 0.3) is 10.1 Å². The number of fused-ring (bicyclic) bond motifs is 2. The Balaban J connectivity index is 0.00000133. The molecule has 0 saturated carbocycles. The molecule has 94 valence electrons. The molecule has 0 saturated heterocycles. The molecule has 0 aromatic heterocycles. The van der Waals surface area contributed by atoms with Gasteiger partial charge in [0, 0.05) is 9.79 Å². The van der Waals surface area contributed by atoms with Crippen LogP contribution in [0, 0.1) is 0 Å². The molecule has 2 aromatic carbocycles. The molecular weight excluding hydrogens is 293 g/mol. The average Bonchev–Trinajstić information content (AvgIpc) is 2.34. The zero-order chi connectivity index (χ0) is 12.8. The molecule has 0 atom stereocenters. The Morgan fingerprint density at radius 1 is 1.00 bits per heavy atom. The first kappa shape index (κ1) is 14.9. The third-order valence-electron chi connectivity index (χ3n) is 2.63. The summed E-state index contributed by atoms with van der Waals surface area (Å²) in [5, 5.41) is 3.16. The molecule has 1 aliphatic heterocycles. The van der Waals surface area contributed by atoms with E-state index in [1.807, 2.05) is 24.3 Å². The third kappa shape index (κ3) is 2.99. The summed E-state index contributed by atoms with van der Waals surface area (Å²) in [6.07, 6.45) is 0. The molecule has 19 heavy (non-hydrogen) atoms. The number of anilines is 2. The van der Waals surface area contributed by atoms with Crippen LogP contribution in [0.3, 0.4) is 0 Å². The van der Waals surface area contributed by atoms with Crippen LogP contribution in [-0.2, 0) is 10.1 Å². The summed E-state index contributed by atoms with van der Waals surface area (Å²) in [5.74, 6) is 0. The van der Waals surface area contributed by atoms with Crippen LogP contribution in [0.15, 0.2) is 57.2 Å². The van der Waals surface area contributed by atoms with E-state index in [0.717, 1.165) is 15.5 Å². The summed E-state index contributed by atoms with van der Waals surface area (Å²) in [6.45, 7) is 0. The summed E-state index contributed by atoms with van der Waals surface area (Å²) in [4.78, 5) is 1.92. The van der Waals surface area contributed by atoms with Crippen LogP contribution < -0.4 is 5.32 Å². The van der Waals surface area contributed by atoms with E-state index in [9.17, 15) is 8.42 Å². The Morgan fingerprint density at radius 3 is 2.42 bits per heavy atom. The van der Waals surface area contributed by atoms with Crippen LogP contribution in [0.1, 0.15) is 0 Å². The van der Waals surface area contributed by atoms with Crippen molar-refractivity contribution in [1.82, 2.24) is 0 Å². The van der Waals surface area contributed by atoms with Gasteiger partial charge < -0.3 is 5.32 Å². The zero-order valence-electron chi connectivity index (χ0n) is 9.12. The third-order valence-corrected chi connectivity index (χ3v) is 4.63. The van der Waals surface area contributed by atoms with E-state index in [4.69, 9.17) is 4.55 Å². The first-order chi connectivity index (χ1) is 8.54. The number of rotatable bonds is 1. The van der Waals surface area contributed by atoms with Crippen molar-refractivity contribution in [2.45, 2.75) is 14.7 Å². The van der Waals surface area contributed by atoms with Crippen molar-refractivity contribution in [2.24, 2.45) is 0 Å². The van der Waals surface area contributed by atoms with E-state index in [1.165, 1.54) is 12.1 Å². The number of nitrogens with one attached hydrogen (secondary N) is 1. The maximum atomic E-state index is 11.1. The molecule has 0 unspecified atom stereocenters. The van der Waals surface area contributed by atoms with Gasteiger partial charge in [-0.25, -0.2) is 0 Å². The van der Waals surface area contributed by atoms with Gasteiger partial charge in [-0.3, -0.25) is 4.55 Å².